The first-order chi connectivity index (χ1) is 9.05. The Bertz CT molecular complexity index is 446. The van der Waals surface area contributed by atoms with Crippen LogP contribution in [0.4, 0.5) is 0 Å². The summed E-state index contributed by atoms with van der Waals surface area (Å²) in [5, 5.41) is 0. The van der Waals surface area contributed by atoms with Crippen LogP contribution < -0.4 is 9.47 Å². The third-order valence-corrected chi connectivity index (χ3v) is 5.96. The molecule has 0 heterocycles. The minimum absolute atomic E-state index is 0.217. The highest BCUT2D eigenvalue weighted by Crippen LogP contribution is 2.50. The number of halogens is 1. The quantitative estimate of drug-likeness (QED) is 0.737. The van der Waals surface area contributed by atoms with Crippen LogP contribution >= 0.6 is 15.9 Å². The van der Waals surface area contributed by atoms with Gasteiger partial charge in [0.05, 0.1) is 7.11 Å². The number of hydrogen-bond acceptors (Lipinski definition) is 2. The maximum absolute atomic E-state index is 6.19. The molecule has 2 nitrogen and oxygen atoms in total. The first-order valence-corrected chi connectivity index (χ1v) is 7.94. The molecular weight excluding hydrogens is 304 g/mol. The minimum atomic E-state index is 0.217. The largest absolute Gasteiger partial charge is 0.493 e. The number of benzene rings is 1. The van der Waals surface area contributed by atoms with Gasteiger partial charge in [-0.25, -0.2) is 0 Å². The van der Waals surface area contributed by atoms with Gasteiger partial charge in [0.2, 0.25) is 0 Å². The lowest BCUT2D eigenvalue weighted by Crippen LogP contribution is -2.54. The molecule has 0 N–H and O–H groups in total. The molecule has 1 aliphatic carbocycles. The van der Waals surface area contributed by atoms with E-state index in [1.807, 2.05) is 6.07 Å². The van der Waals surface area contributed by atoms with Gasteiger partial charge in [0, 0.05) is 10.2 Å². The Morgan fingerprint density at radius 2 is 2.05 bits per heavy atom. The fourth-order valence-corrected chi connectivity index (χ4v) is 3.54. The summed E-state index contributed by atoms with van der Waals surface area (Å²) >= 11 is 3.74. The van der Waals surface area contributed by atoms with Gasteiger partial charge in [-0.05, 0) is 37.0 Å². The third kappa shape index (κ3) is 2.62. The highest BCUT2D eigenvalue weighted by atomic mass is 79.9. The van der Waals surface area contributed by atoms with Crippen LogP contribution in [0.1, 0.15) is 39.2 Å². The fraction of sp³-hybridized carbons (Fsp3) is 0.625. The molecule has 3 heteroatoms. The van der Waals surface area contributed by atoms with Gasteiger partial charge >= 0.3 is 0 Å². The molecule has 0 amide bonds. The lowest BCUT2D eigenvalue weighted by atomic mass is 9.65. The van der Waals surface area contributed by atoms with Gasteiger partial charge in [0.25, 0.3) is 0 Å². The van der Waals surface area contributed by atoms with Gasteiger partial charge in [0.1, 0.15) is 6.10 Å². The van der Waals surface area contributed by atoms with Gasteiger partial charge in [-0.1, -0.05) is 42.8 Å². The van der Waals surface area contributed by atoms with E-state index < -0.39 is 0 Å². The van der Waals surface area contributed by atoms with Crippen molar-refractivity contribution in [1.29, 1.82) is 0 Å². The summed E-state index contributed by atoms with van der Waals surface area (Å²) in [7, 11) is 1.70. The summed E-state index contributed by atoms with van der Waals surface area (Å²) in [4.78, 5) is 0.552. The standard InChI is InChI=1S/C16H23BrO2/c1-5-11-7-8-12(13(9-11)18-4)19-15-10-14(17)16(15,3)6-2/h7-9,14-15H,5-6,10H2,1-4H3. The number of hydrogen-bond donors (Lipinski definition) is 0. The van der Waals surface area contributed by atoms with Crippen molar-refractivity contribution in [1.82, 2.24) is 0 Å². The molecule has 1 fully saturated rings. The summed E-state index contributed by atoms with van der Waals surface area (Å²) in [5.41, 5.74) is 1.49. The summed E-state index contributed by atoms with van der Waals surface area (Å²) < 4.78 is 11.6. The van der Waals surface area contributed by atoms with Gasteiger partial charge in [0.15, 0.2) is 11.5 Å². The predicted octanol–water partition coefficient (Wildman–Crippen LogP) is 4.59. The molecule has 0 spiro atoms. The van der Waals surface area contributed by atoms with Crippen molar-refractivity contribution in [3.8, 4) is 11.5 Å². The molecule has 0 radical (unpaired) electrons. The summed E-state index contributed by atoms with van der Waals surface area (Å²) in [5.74, 6) is 1.71. The number of methoxy groups -OCH3 is 1. The second kappa shape index (κ2) is 5.74. The van der Waals surface area contributed by atoms with Crippen LogP contribution in [0.3, 0.4) is 0 Å². The Kier molecular flexibility index (Phi) is 4.44. The van der Waals surface area contributed by atoms with Crippen LogP contribution in [0.5, 0.6) is 11.5 Å². The van der Waals surface area contributed by atoms with Gasteiger partial charge in [-0.2, -0.15) is 0 Å². The molecule has 19 heavy (non-hydrogen) atoms. The normalized spacial score (nSPS) is 29.7. The zero-order chi connectivity index (χ0) is 14.0. The van der Waals surface area contributed by atoms with E-state index in [2.05, 4.69) is 48.8 Å². The van der Waals surface area contributed by atoms with E-state index in [4.69, 9.17) is 9.47 Å². The Hall–Kier alpha value is -0.700. The smallest absolute Gasteiger partial charge is 0.161 e. The van der Waals surface area contributed by atoms with Crippen molar-refractivity contribution in [2.24, 2.45) is 5.41 Å². The SMILES string of the molecule is CCc1ccc(OC2CC(Br)C2(C)CC)c(OC)c1. The number of alkyl halides is 1. The van der Waals surface area contributed by atoms with Crippen molar-refractivity contribution >= 4 is 15.9 Å². The molecule has 0 aromatic heterocycles. The van der Waals surface area contributed by atoms with Crippen LogP contribution in [-0.2, 0) is 6.42 Å². The zero-order valence-electron chi connectivity index (χ0n) is 12.2. The Morgan fingerprint density at radius 3 is 2.58 bits per heavy atom. The molecule has 3 unspecified atom stereocenters. The molecule has 1 aliphatic rings. The van der Waals surface area contributed by atoms with E-state index in [9.17, 15) is 0 Å². The average molecular weight is 327 g/mol. The second-order valence-electron chi connectivity index (χ2n) is 5.51. The van der Waals surface area contributed by atoms with Crippen molar-refractivity contribution in [2.75, 3.05) is 7.11 Å². The zero-order valence-corrected chi connectivity index (χ0v) is 13.8. The van der Waals surface area contributed by atoms with Crippen molar-refractivity contribution in [3.63, 3.8) is 0 Å². The lowest BCUT2D eigenvalue weighted by molar-refractivity contribution is -0.0256. The minimum Gasteiger partial charge on any atom is -0.493 e. The average Bonchev–Trinajstić information content (AvgIpc) is 2.46. The fourth-order valence-electron chi connectivity index (χ4n) is 2.58. The number of ether oxygens (including phenoxy) is 2. The molecule has 0 saturated heterocycles. The van der Waals surface area contributed by atoms with Crippen LogP contribution in [0.25, 0.3) is 0 Å². The van der Waals surface area contributed by atoms with Crippen LogP contribution in [0, 0.1) is 5.41 Å². The number of aryl methyl sites for hydroxylation is 1. The monoisotopic (exact) mass is 326 g/mol. The Balaban J connectivity index is 2.16. The Morgan fingerprint density at radius 1 is 1.32 bits per heavy atom. The maximum Gasteiger partial charge on any atom is 0.161 e. The van der Waals surface area contributed by atoms with E-state index in [1.165, 1.54) is 5.56 Å². The molecule has 106 valence electrons. The van der Waals surface area contributed by atoms with E-state index in [0.29, 0.717) is 4.83 Å². The molecule has 0 bridgehead atoms. The van der Waals surface area contributed by atoms with Gasteiger partial charge in [-0.15, -0.1) is 0 Å². The third-order valence-electron chi connectivity index (χ3n) is 4.54. The summed E-state index contributed by atoms with van der Waals surface area (Å²) in [6, 6.07) is 6.23. The number of rotatable bonds is 5. The van der Waals surface area contributed by atoms with Crippen molar-refractivity contribution < 1.29 is 9.47 Å². The first-order valence-electron chi connectivity index (χ1n) is 7.02. The van der Waals surface area contributed by atoms with E-state index in [-0.39, 0.29) is 11.5 Å². The molecule has 1 saturated carbocycles. The summed E-state index contributed by atoms with van der Waals surface area (Å²) in [6.07, 6.45) is 3.45. The molecule has 2 rings (SSSR count). The highest BCUT2D eigenvalue weighted by Gasteiger charge is 2.51. The predicted molar refractivity (Wildman–Crippen MR) is 82.5 cm³/mol. The molecule has 1 aromatic rings. The maximum atomic E-state index is 6.19. The topological polar surface area (TPSA) is 18.5 Å². The van der Waals surface area contributed by atoms with Crippen LogP contribution in [0.15, 0.2) is 18.2 Å². The molecule has 0 aliphatic heterocycles. The van der Waals surface area contributed by atoms with Crippen LogP contribution in [0.2, 0.25) is 0 Å². The van der Waals surface area contributed by atoms with E-state index in [0.717, 1.165) is 30.8 Å². The van der Waals surface area contributed by atoms with Gasteiger partial charge in [-0.3, -0.25) is 0 Å². The van der Waals surface area contributed by atoms with E-state index >= 15 is 0 Å². The molecule has 1 aromatic carbocycles. The van der Waals surface area contributed by atoms with E-state index in [1.54, 1.807) is 7.11 Å². The van der Waals surface area contributed by atoms with Crippen molar-refractivity contribution in [3.05, 3.63) is 23.8 Å². The Labute approximate surface area is 124 Å². The van der Waals surface area contributed by atoms with Crippen LogP contribution in [-0.4, -0.2) is 18.0 Å². The second-order valence-corrected chi connectivity index (χ2v) is 6.61. The summed E-state index contributed by atoms with van der Waals surface area (Å²) in [6.45, 7) is 6.65. The molecular formula is C16H23BrO2. The molecule has 3 atom stereocenters. The van der Waals surface area contributed by atoms with Gasteiger partial charge < -0.3 is 9.47 Å². The first kappa shape index (κ1) is 14.7. The van der Waals surface area contributed by atoms with Crippen molar-refractivity contribution in [2.45, 2.75) is 51.0 Å². The lowest BCUT2D eigenvalue weighted by Gasteiger charge is -2.50. The highest BCUT2D eigenvalue weighted by molar-refractivity contribution is 9.09.